The zero-order valence-electron chi connectivity index (χ0n) is 17.2. The number of hydrogen-bond acceptors (Lipinski definition) is 8. The summed E-state index contributed by atoms with van der Waals surface area (Å²) in [6, 6.07) is -5.62. The Bertz CT molecular complexity index is 697. The number of hydrogen-bond donors (Lipinski definition) is 8. The predicted octanol–water partition coefficient (Wildman–Crippen LogP) is -3.76. The van der Waals surface area contributed by atoms with Crippen LogP contribution in [0.1, 0.15) is 33.1 Å². The molecular formula is C17H29N5O9. The lowest BCUT2D eigenvalue weighted by molar-refractivity contribution is -0.144. The lowest BCUT2D eigenvalue weighted by Crippen LogP contribution is -2.59. The quantitative estimate of drug-likeness (QED) is 0.129. The van der Waals surface area contributed by atoms with E-state index in [1.807, 2.05) is 5.32 Å². The van der Waals surface area contributed by atoms with E-state index in [9.17, 15) is 33.9 Å². The molecule has 14 heteroatoms. The van der Waals surface area contributed by atoms with Crippen molar-refractivity contribution in [1.29, 1.82) is 0 Å². The maximum absolute atomic E-state index is 12.5. The first kappa shape index (κ1) is 27.7. The molecular weight excluding hydrogens is 418 g/mol. The van der Waals surface area contributed by atoms with Gasteiger partial charge in [-0.1, -0.05) is 13.8 Å². The Balaban J connectivity index is 5.15. The van der Waals surface area contributed by atoms with Crippen molar-refractivity contribution in [3.05, 3.63) is 0 Å². The molecule has 0 saturated carbocycles. The number of carbonyl (C=O) groups is 6. The van der Waals surface area contributed by atoms with Gasteiger partial charge in [0.05, 0.1) is 19.1 Å². The average Bonchev–Trinajstić information content (AvgIpc) is 2.66. The Morgan fingerprint density at radius 2 is 1.42 bits per heavy atom. The summed E-state index contributed by atoms with van der Waals surface area (Å²) < 4.78 is 0. The summed E-state index contributed by atoms with van der Waals surface area (Å²) in [5.41, 5.74) is 10.5. The van der Waals surface area contributed by atoms with Crippen molar-refractivity contribution in [2.45, 2.75) is 57.3 Å². The van der Waals surface area contributed by atoms with Gasteiger partial charge in [-0.15, -0.1) is 0 Å². The fourth-order valence-electron chi connectivity index (χ4n) is 2.33. The Kier molecular flexibility index (Phi) is 11.7. The number of nitrogens with one attached hydrogen (secondary N) is 3. The van der Waals surface area contributed by atoms with E-state index in [1.54, 1.807) is 13.8 Å². The number of carboxylic acids is 2. The van der Waals surface area contributed by atoms with E-state index in [0.29, 0.717) is 0 Å². The molecule has 0 heterocycles. The van der Waals surface area contributed by atoms with Gasteiger partial charge in [0.1, 0.15) is 18.1 Å². The smallest absolute Gasteiger partial charge is 0.326 e. The van der Waals surface area contributed by atoms with Crippen LogP contribution in [0.25, 0.3) is 0 Å². The van der Waals surface area contributed by atoms with E-state index in [2.05, 4.69) is 10.6 Å². The highest BCUT2D eigenvalue weighted by molar-refractivity contribution is 5.95. The molecule has 0 bridgehead atoms. The van der Waals surface area contributed by atoms with Gasteiger partial charge in [0.15, 0.2) is 0 Å². The van der Waals surface area contributed by atoms with Crippen LogP contribution in [-0.4, -0.2) is 81.7 Å². The predicted molar refractivity (Wildman–Crippen MR) is 104 cm³/mol. The summed E-state index contributed by atoms with van der Waals surface area (Å²) in [6.07, 6.45) is -1.21. The van der Waals surface area contributed by atoms with E-state index in [0.717, 1.165) is 0 Å². The average molecular weight is 447 g/mol. The molecule has 0 aliphatic carbocycles. The van der Waals surface area contributed by atoms with Gasteiger partial charge in [0.2, 0.25) is 23.6 Å². The van der Waals surface area contributed by atoms with Crippen molar-refractivity contribution in [3.8, 4) is 0 Å². The minimum absolute atomic E-state index is 0.161. The Labute approximate surface area is 177 Å². The molecule has 0 aliphatic rings. The summed E-state index contributed by atoms with van der Waals surface area (Å²) in [5.74, 6) is -6.90. The largest absolute Gasteiger partial charge is 0.481 e. The fourth-order valence-corrected chi connectivity index (χ4v) is 2.33. The molecule has 0 aromatic rings. The number of amides is 4. The first-order valence-corrected chi connectivity index (χ1v) is 9.30. The van der Waals surface area contributed by atoms with Gasteiger partial charge in [0, 0.05) is 6.42 Å². The van der Waals surface area contributed by atoms with E-state index < -0.39 is 78.7 Å². The molecule has 31 heavy (non-hydrogen) atoms. The van der Waals surface area contributed by atoms with Crippen molar-refractivity contribution in [2.24, 2.45) is 17.4 Å². The SMILES string of the molecule is CC(C)C(NC(=O)C(N)CCC(=O)O)C(=O)NC(CO)C(=O)NC(CC(N)=O)C(=O)O. The molecule has 10 N–H and O–H groups in total. The molecule has 0 aromatic carbocycles. The van der Waals surface area contributed by atoms with E-state index >= 15 is 0 Å². The summed E-state index contributed by atoms with van der Waals surface area (Å²) in [4.78, 5) is 69.5. The maximum atomic E-state index is 12.5. The second-order valence-electron chi connectivity index (χ2n) is 7.08. The molecule has 0 radical (unpaired) electrons. The highest BCUT2D eigenvalue weighted by atomic mass is 16.4. The number of primary amides is 1. The Morgan fingerprint density at radius 3 is 1.84 bits per heavy atom. The van der Waals surface area contributed by atoms with Crippen LogP contribution in [0, 0.1) is 5.92 Å². The van der Waals surface area contributed by atoms with Crippen LogP contribution < -0.4 is 27.4 Å². The molecule has 0 spiro atoms. The molecule has 14 nitrogen and oxygen atoms in total. The highest BCUT2D eigenvalue weighted by Gasteiger charge is 2.31. The standard InChI is InChI=1S/C17H29N5O9/c1-7(2)13(22-14(27)8(18)3-4-12(25)26)16(29)21-10(6-23)15(28)20-9(17(30)31)5-11(19)24/h7-10,13,23H,3-6,18H2,1-2H3,(H2,19,24)(H,20,28)(H,21,29)(H,22,27)(H,25,26)(H,30,31). The van der Waals surface area contributed by atoms with Gasteiger partial charge < -0.3 is 42.7 Å². The minimum Gasteiger partial charge on any atom is -0.481 e. The lowest BCUT2D eigenvalue weighted by atomic mass is 10.0. The third kappa shape index (κ3) is 10.4. The summed E-state index contributed by atoms with van der Waals surface area (Å²) in [5, 5.41) is 33.6. The summed E-state index contributed by atoms with van der Waals surface area (Å²) in [6.45, 7) is 2.25. The highest BCUT2D eigenvalue weighted by Crippen LogP contribution is 2.05. The topological polar surface area (TPSA) is 251 Å². The van der Waals surface area contributed by atoms with Crippen LogP contribution in [0.15, 0.2) is 0 Å². The van der Waals surface area contributed by atoms with Gasteiger partial charge >= 0.3 is 11.9 Å². The Morgan fingerprint density at radius 1 is 0.871 bits per heavy atom. The molecule has 0 rings (SSSR count). The van der Waals surface area contributed by atoms with Crippen LogP contribution in [0.3, 0.4) is 0 Å². The zero-order chi connectivity index (χ0) is 24.3. The molecule has 0 aromatic heterocycles. The number of aliphatic carboxylic acids is 2. The van der Waals surface area contributed by atoms with Crippen molar-refractivity contribution in [2.75, 3.05) is 6.61 Å². The molecule has 0 aliphatic heterocycles. The minimum atomic E-state index is -1.66. The van der Waals surface area contributed by atoms with Crippen LogP contribution in [0.4, 0.5) is 0 Å². The number of carbonyl (C=O) groups excluding carboxylic acids is 4. The monoisotopic (exact) mass is 447 g/mol. The molecule has 176 valence electrons. The summed E-state index contributed by atoms with van der Waals surface area (Å²) in [7, 11) is 0. The number of carboxylic acid groups (broad SMARTS) is 2. The Hall–Kier alpha value is -3.26. The summed E-state index contributed by atoms with van der Waals surface area (Å²) >= 11 is 0. The third-order valence-electron chi connectivity index (χ3n) is 4.09. The van der Waals surface area contributed by atoms with Crippen LogP contribution in [0.2, 0.25) is 0 Å². The normalized spacial score (nSPS) is 14.6. The van der Waals surface area contributed by atoms with Gasteiger partial charge in [-0.3, -0.25) is 24.0 Å². The second-order valence-corrected chi connectivity index (χ2v) is 7.08. The van der Waals surface area contributed by atoms with Gasteiger partial charge in [0.25, 0.3) is 0 Å². The van der Waals surface area contributed by atoms with Crippen LogP contribution in [-0.2, 0) is 28.8 Å². The number of aliphatic hydroxyl groups is 1. The second kappa shape index (κ2) is 13.1. The van der Waals surface area contributed by atoms with Gasteiger partial charge in [-0.25, -0.2) is 4.79 Å². The first-order valence-electron chi connectivity index (χ1n) is 9.30. The van der Waals surface area contributed by atoms with Crippen molar-refractivity contribution >= 4 is 35.6 Å². The van der Waals surface area contributed by atoms with Gasteiger partial charge in [-0.2, -0.15) is 0 Å². The van der Waals surface area contributed by atoms with E-state index in [-0.39, 0.29) is 12.8 Å². The number of aliphatic hydroxyl groups excluding tert-OH is 1. The van der Waals surface area contributed by atoms with E-state index in [1.165, 1.54) is 0 Å². The molecule has 4 unspecified atom stereocenters. The lowest BCUT2D eigenvalue weighted by Gasteiger charge is -2.26. The van der Waals surface area contributed by atoms with E-state index in [4.69, 9.17) is 21.7 Å². The van der Waals surface area contributed by atoms with Gasteiger partial charge in [-0.05, 0) is 12.3 Å². The third-order valence-corrected chi connectivity index (χ3v) is 4.09. The molecule has 4 atom stereocenters. The maximum Gasteiger partial charge on any atom is 0.326 e. The number of rotatable bonds is 14. The fraction of sp³-hybridized carbons (Fsp3) is 0.647. The number of nitrogens with two attached hydrogens (primary N) is 2. The zero-order valence-corrected chi connectivity index (χ0v) is 17.2. The molecule has 4 amide bonds. The van der Waals surface area contributed by atoms with Crippen LogP contribution in [0.5, 0.6) is 0 Å². The molecule has 0 fully saturated rings. The molecule has 0 saturated heterocycles. The van der Waals surface area contributed by atoms with Crippen molar-refractivity contribution in [3.63, 3.8) is 0 Å². The van der Waals surface area contributed by atoms with Crippen molar-refractivity contribution < 1.29 is 44.1 Å². The van der Waals surface area contributed by atoms with Crippen molar-refractivity contribution in [1.82, 2.24) is 16.0 Å². The first-order chi connectivity index (χ1) is 14.3. The van der Waals surface area contributed by atoms with Crippen LogP contribution >= 0.6 is 0 Å².